The van der Waals surface area contributed by atoms with Crippen LogP contribution in [0.15, 0.2) is 36.7 Å². The molecule has 9 heteroatoms. The van der Waals surface area contributed by atoms with E-state index in [1.807, 2.05) is 19.1 Å². The van der Waals surface area contributed by atoms with Gasteiger partial charge >= 0.3 is 0 Å². The van der Waals surface area contributed by atoms with Crippen molar-refractivity contribution in [1.82, 2.24) is 20.2 Å². The molecule has 1 atom stereocenters. The van der Waals surface area contributed by atoms with E-state index >= 15 is 0 Å². The van der Waals surface area contributed by atoms with Crippen LogP contribution in [0.1, 0.15) is 48.0 Å². The van der Waals surface area contributed by atoms with E-state index in [0.29, 0.717) is 49.9 Å². The number of nitrogens with one attached hydrogen (secondary N) is 2. The van der Waals surface area contributed by atoms with E-state index in [1.165, 1.54) is 6.20 Å². The number of hydrogen-bond acceptors (Lipinski definition) is 7. The number of carbonyl (C=O) groups excluding carboxylic acids is 2. The van der Waals surface area contributed by atoms with Gasteiger partial charge in [0.2, 0.25) is 0 Å². The first-order valence-electron chi connectivity index (χ1n) is 11.1. The van der Waals surface area contributed by atoms with Crippen molar-refractivity contribution in [1.29, 1.82) is 0 Å². The Hall–Kier alpha value is -3.20. The quantitative estimate of drug-likeness (QED) is 0.574. The first-order chi connectivity index (χ1) is 15.4. The summed E-state index contributed by atoms with van der Waals surface area (Å²) in [5.41, 5.74) is 1.66. The Morgan fingerprint density at radius 2 is 1.88 bits per heavy atom. The molecule has 0 saturated carbocycles. The number of nitrogens with zero attached hydrogens (tertiary/aromatic N) is 4. The molecule has 1 saturated heterocycles. The summed E-state index contributed by atoms with van der Waals surface area (Å²) >= 11 is 0. The molecule has 9 nitrogen and oxygen atoms in total. The fraction of sp³-hybridized carbons (Fsp3) is 0.478. The number of rotatable bonds is 8. The minimum Gasteiger partial charge on any atom is -0.394 e. The maximum absolute atomic E-state index is 12.9. The number of hydrogen-bond donors (Lipinski definition) is 3. The molecule has 0 bridgehead atoms. The van der Waals surface area contributed by atoms with Crippen LogP contribution in [0, 0.1) is 0 Å². The van der Waals surface area contributed by atoms with Crippen molar-refractivity contribution in [2.24, 2.45) is 0 Å². The van der Waals surface area contributed by atoms with Crippen molar-refractivity contribution in [2.45, 2.75) is 39.3 Å². The van der Waals surface area contributed by atoms with E-state index < -0.39 is 0 Å². The molecule has 0 unspecified atom stereocenters. The fourth-order valence-electron chi connectivity index (χ4n) is 3.56. The van der Waals surface area contributed by atoms with Crippen LogP contribution < -0.4 is 15.5 Å². The molecular formula is C23H32N6O3. The Morgan fingerprint density at radius 1 is 1.12 bits per heavy atom. The summed E-state index contributed by atoms with van der Waals surface area (Å²) in [6.45, 7) is 8.42. The maximum Gasteiger partial charge on any atom is 0.272 e. The fourth-order valence-corrected chi connectivity index (χ4v) is 3.56. The molecule has 2 aromatic heterocycles. The van der Waals surface area contributed by atoms with Gasteiger partial charge in [-0.2, -0.15) is 0 Å². The number of amides is 2. The third-order valence-corrected chi connectivity index (χ3v) is 5.39. The summed E-state index contributed by atoms with van der Waals surface area (Å²) in [5, 5.41) is 15.4. The molecule has 1 aliphatic heterocycles. The summed E-state index contributed by atoms with van der Waals surface area (Å²) in [5.74, 6) is 0.433. The van der Waals surface area contributed by atoms with E-state index in [-0.39, 0.29) is 24.5 Å². The summed E-state index contributed by atoms with van der Waals surface area (Å²) in [6.07, 6.45) is 3.82. The monoisotopic (exact) mass is 440 g/mol. The van der Waals surface area contributed by atoms with Crippen LogP contribution in [0.5, 0.6) is 0 Å². The molecule has 32 heavy (non-hydrogen) atoms. The average molecular weight is 441 g/mol. The predicted molar refractivity (Wildman–Crippen MR) is 124 cm³/mol. The Balaban J connectivity index is 1.59. The normalized spacial score (nSPS) is 14.9. The van der Waals surface area contributed by atoms with E-state index in [1.54, 1.807) is 23.2 Å². The van der Waals surface area contributed by atoms with Crippen LogP contribution in [0.3, 0.4) is 0 Å². The van der Waals surface area contributed by atoms with Gasteiger partial charge in [0, 0.05) is 44.6 Å². The SMILES string of the molecule is CC[C@H](CO)NC(=O)c1ccc(C(=O)N2CCN(c3ncccc3NC(C)C)CC2)nc1. The third-order valence-electron chi connectivity index (χ3n) is 5.39. The zero-order valence-corrected chi connectivity index (χ0v) is 18.9. The molecule has 1 aliphatic rings. The minimum atomic E-state index is -0.313. The van der Waals surface area contributed by atoms with Crippen molar-refractivity contribution >= 4 is 23.3 Å². The molecule has 0 radical (unpaired) electrons. The second-order valence-electron chi connectivity index (χ2n) is 8.15. The van der Waals surface area contributed by atoms with Gasteiger partial charge in [-0.15, -0.1) is 0 Å². The highest BCUT2D eigenvalue weighted by Crippen LogP contribution is 2.24. The number of piperazine rings is 1. The predicted octanol–water partition coefficient (Wildman–Crippen LogP) is 1.76. The Morgan fingerprint density at radius 3 is 2.47 bits per heavy atom. The number of carbonyl (C=O) groups is 2. The standard InChI is InChI=1S/C23H32N6O3/c1-4-18(15-30)27-22(31)17-7-8-20(25-14-17)23(32)29-12-10-28(11-13-29)21-19(26-16(2)3)6-5-9-24-21/h5-9,14,16,18,26,30H,4,10-13,15H2,1-3H3,(H,27,31)/t18-/m1/s1. The minimum absolute atomic E-state index is 0.119. The highest BCUT2D eigenvalue weighted by molar-refractivity contribution is 5.96. The second kappa shape index (κ2) is 10.9. The molecule has 1 fully saturated rings. The van der Waals surface area contributed by atoms with Gasteiger partial charge in [0.05, 0.1) is 23.9 Å². The average Bonchev–Trinajstić information content (AvgIpc) is 2.82. The van der Waals surface area contributed by atoms with E-state index in [0.717, 1.165) is 11.5 Å². The molecule has 2 amide bonds. The molecule has 0 aromatic carbocycles. The molecule has 3 N–H and O–H groups in total. The Labute approximate surface area is 188 Å². The van der Waals surface area contributed by atoms with Crippen molar-refractivity contribution in [3.05, 3.63) is 47.9 Å². The lowest BCUT2D eigenvalue weighted by Gasteiger charge is -2.36. The van der Waals surface area contributed by atoms with Crippen LogP contribution in [-0.4, -0.2) is 76.7 Å². The van der Waals surface area contributed by atoms with Crippen molar-refractivity contribution in [3.8, 4) is 0 Å². The van der Waals surface area contributed by atoms with E-state index in [9.17, 15) is 14.7 Å². The van der Waals surface area contributed by atoms with E-state index in [4.69, 9.17) is 0 Å². The molecule has 3 rings (SSSR count). The van der Waals surface area contributed by atoms with Gasteiger partial charge < -0.3 is 25.5 Å². The largest absolute Gasteiger partial charge is 0.394 e. The Kier molecular flexibility index (Phi) is 7.99. The third kappa shape index (κ3) is 5.73. The van der Waals surface area contributed by atoms with Crippen LogP contribution in [0.4, 0.5) is 11.5 Å². The highest BCUT2D eigenvalue weighted by Gasteiger charge is 2.25. The summed E-state index contributed by atoms with van der Waals surface area (Å²) < 4.78 is 0. The summed E-state index contributed by atoms with van der Waals surface area (Å²) in [4.78, 5) is 37.8. The van der Waals surface area contributed by atoms with Gasteiger partial charge in [-0.3, -0.25) is 14.6 Å². The van der Waals surface area contributed by atoms with Crippen LogP contribution in [-0.2, 0) is 0 Å². The number of aliphatic hydroxyl groups excluding tert-OH is 1. The number of anilines is 2. The summed E-state index contributed by atoms with van der Waals surface area (Å²) in [6, 6.07) is 7.10. The smallest absolute Gasteiger partial charge is 0.272 e. The molecule has 3 heterocycles. The van der Waals surface area contributed by atoms with Gasteiger partial charge in [-0.05, 0) is 44.5 Å². The first-order valence-corrected chi connectivity index (χ1v) is 11.1. The van der Waals surface area contributed by atoms with Gasteiger partial charge in [0.15, 0.2) is 5.82 Å². The number of pyridine rings is 2. The van der Waals surface area contributed by atoms with Crippen LogP contribution >= 0.6 is 0 Å². The zero-order valence-electron chi connectivity index (χ0n) is 18.9. The lowest BCUT2D eigenvalue weighted by Crippen LogP contribution is -2.49. The van der Waals surface area contributed by atoms with Gasteiger partial charge in [-0.25, -0.2) is 4.98 Å². The summed E-state index contributed by atoms with van der Waals surface area (Å²) in [7, 11) is 0. The van der Waals surface area contributed by atoms with Crippen molar-refractivity contribution in [2.75, 3.05) is 43.0 Å². The van der Waals surface area contributed by atoms with Crippen molar-refractivity contribution < 1.29 is 14.7 Å². The lowest BCUT2D eigenvalue weighted by atomic mass is 10.2. The first kappa shape index (κ1) is 23.5. The Bertz CT molecular complexity index is 906. The van der Waals surface area contributed by atoms with Gasteiger partial charge in [-0.1, -0.05) is 6.92 Å². The molecule has 0 aliphatic carbocycles. The molecule has 172 valence electrons. The van der Waals surface area contributed by atoms with Crippen molar-refractivity contribution in [3.63, 3.8) is 0 Å². The van der Waals surface area contributed by atoms with E-state index in [2.05, 4.69) is 39.3 Å². The number of aliphatic hydroxyl groups is 1. The highest BCUT2D eigenvalue weighted by atomic mass is 16.3. The number of aromatic nitrogens is 2. The van der Waals surface area contributed by atoms with Gasteiger partial charge in [0.25, 0.3) is 11.8 Å². The van der Waals surface area contributed by atoms with Crippen LogP contribution in [0.25, 0.3) is 0 Å². The molecule has 2 aromatic rings. The topological polar surface area (TPSA) is 111 Å². The molecule has 0 spiro atoms. The maximum atomic E-state index is 12.9. The molecular weight excluding hydrogens is 408 g/mol. The van der Waals surface area contributed by atoms with Crippen LogP contribution in [0.2, 0.25) is 0 Å². The second-order valence-corrected chi connectivity index (χ2v) is 8.15. The van der Waals surface area contributed by atoms with Gasteiger partial charge in [0.1, 0.15) is 5.69 Å². The lowest BCUT2D eigenvalue weighted by molar-refractivity contribution is 0.0739. The zero-order chi connectivity index (χ0) is 23.1.